The largest absolute Gasteiger partial charge is 0.484 e. The molecule has 2 N–H and O–H groups in total. The van der Waals surface area contributed by atoms with Crippen molar-refractivity contribution in [3.05, 3.63) is 65.2 Å². The lowest BCUT2D eigenvalue weighted by atomic mass is 9.84. The van der Waals surface area contributed by atoms with Gasteiger partial charge in [-0.2, -0.15) is 5.26 Å². The maximum Gasteiger partial charge on any atom is 0.139 e. The zero-order valence-electron chi connectivity index (χ0n) is 15.0. The van der Waals surface area contributed by atoms with Gasteiger partial charge in [0.05, 0.1) is 17.7 Å². The molecule has 4 rings (SSSR count). The van der Waals surface area contributed by atoms with Crippen molar-refractivity contribution in [2.45, 2.75) is 43.9 Å². The van der Waals surface area contributed by atoms with E-state index in [9.17, 15) is 0 Å². The molecule has 1 aliphatic heterocycles. The van der Waals surface area contributed by atoms with Crippen LogP contribution in [0.15, 0.2) is 48.5 Å². The van der Waals surface area contributed by atoms with Gasteiger partial charge in [-0.05, 0) is 67.6 Å². The first kappa shape index (κ1) is 17.1. The van der Waals surface area contributed by atoms with Gasteiger partial charge >= 0.3 is 0 Å². The lowest BCUT2D eigenvalue weighted by molar-refractivity contribution is 0.0367. The summed E-state index contributed by atoms with van der Waals surface area (Å²) in [5, 5.41) is 9.01. The molecule has 1 saturated heterocycles. The maximum absolute atomic E-state index is 9.01. The molecule has 4 nitrogen and oxygen atoms in total. The van der Waals surface area contributed by atoms with Gasteiger partial charge < -0.3 is 10.5 Å². The van der Waals surface area contributed by atoms with E-state index in [2.05, 4.69) is 35.2 Å². The molecule has 2 aliphatic rings. The average Bonchev–Trinajstić information content (AvgIpc) is 2.69. The maximum atomic E-state index is 9.01. The van der Waals surface area contributed by atoms with Gasteiger partial charge in [-0.3, -0.25) is 4.90 Å². The number of nitrogens with zero attached hydrogens (tertiary/aromatic N) is 2. The molecule has 1 aliphatic carbocycles. The fourth-order valence-electron chi connectivity index (χ4n) is 4.31. The number of hydrogen-bond donors (Lipinski definition) is 1. The van der Waals surface area contributed by atoms with Gasteiger partial charge in [0.15, 0.2) is 0 Å². The molecule has 0 spiro atoms. The predicted molar refractivity (Wildman–Crippen MR) is 102 cm³/mol. The SMILES string of the molecule is N#Cc1ccc(O[C@H]2c3ccccc3CC[C@@H]2N2CCC[C@H](N)C2)cc1. The molecule has 134 valence electrons. The Balaban J connectivity index is 1.63. The van der Waals surface area contributed by atoms with Crippen molar-refractivity contribution in [2.75, 3.05) is 13.1 Å². The number of piperidine rings is 1. The fourth-order valence-corrected chi connectivity index (χ4v) is 4.31. The third kappa shape index (κ3) is 3.46. The second-order valence-electron chi connectivity index (χ2n) is 7.38. The monoisotopic (exact) mass is 347 g/mol. The van der Waals surface area contributed by atoms with Crippen LogP contribution in [0.5, 0.6) is 5.75 Å². The number of nitrogens with two attached hydrogens (primary N) is 1. The smallest absolute Gasteiger partial charge is 0.139 e. The number of hydrogen-bond acceptors (Lipinski definition) is 4. The van der Waals surface area contributed by atoms with Gasteiger partial charge in [0.1, 0.15) is 11.9 Å². The summed E-state index contributed by atoms with van der Waals surface area (Å²) in [5.41, 5.74) is 9.56. The standard InChI is InChI=1S/C22H25N3O/c23-14-16-7-10-19(11-8-16)26-22-20-6-2-1-4-17(20)9-12-21(22)25-13-3-5-18(24)15-25/h1-2,4,6-8,10-11,18,21-22H,3,5,9,12-13,15,24H2/t18-,21-,22-/m0/s1. The first-order valence-electron chi connectivity index (χ1n) is 9.49. The van der Waals surface area contributed by atoms with E-state index >= 15 is 0 Å². The zero-order valence-corrected chi connectivity index (χ0v) is 15.0. The first-order valence-corrected chi connectivity index (χ1v) is 9.49. The Morgan fingerprint density at radius 1 is 1.08 bits per heavy atom. The van der Waals surface area contributed by atoms with Crippen molar-refractivity contribution < 1.29 is 4.74 Å². The summed E-state index contributed by atoms with van der Waals surface area (Å²) in [6.45, 7) is 2.04. The number of benzene rings is 2. The predicted octanol–water partition coefficient (Wildman–Crippen LogP) is 3.42. The Morgan fingerprint density at radius 3 is 2.65 bits per heavy atom. The van der Waals surface area contributed by atoms with Crippen molar-refractivity contribution in [2.24, 2.45) is 5.73 Å². The van der Waals surface area contributed by atoms with E-state index in [1.807, 2.05) is 24.3 Å². The van der Waals surface area contributed by atoms with E-state index in [0.717, 1.165) is 44.5 Å². The first-order chi connectivity index (χ1) is 12.7. The van der Waals surface area contributed by atoms with Crippen LogP contribution in [0.1, 0.15) is 42.1 Å². The molecule has 4 heteroatoms. The van der Waals surface area contributed by atoms with Crippen molar-refractivity contribution in [1.29, 1.82) is 5.26 Å². The van der Waals surface area contributed by atoms with Crippen LogP contribution in [0.25, 0.3) is 0 Å². The molecule has 0 unspecified atom stereocenters. The lowest BCUT2D eigenvalue weighted by Gasteiger charge is -2.43. The van der Waals surface area contributed by atoms with E-state index in [-0.39, 0.29) is 12.1 Å². The Bertz CT molecular complexity index is 796. The minimum atomic E-state index is -0.00168. The van der Waals surface area contributed by atoms with E-state index in [4.69, 9.17) is 15.7 Å². The van der Waals surface area contributed by atoms with Crippen LogP contribution in [0.4, 0.5) is 0 Å². The van der Waals surface area contributed by atoms with Gasteiger partial charge in [0.2, 0.25) is 0 Å². The van der Waals surface area contributed by atoms with Crippen LogP contribution in [-0.4, -0.2) is 30.1 Å². The van der Waals surface area contributed by atoms with Gasteiger partial charge in [-0.1, -0.05) is 24.3 Å². The second-order valence-corrected chi connectivity index (χ2v) is 7.38. The minimum absolute atomic E-state index is 0.00168. The highest BCUT2D eigenvalue weighted by Crippen LogP contribution is 2.37. The van der Waals surface area contributed by atoms with Crippen molar-refractivity contribution >= 4 is 0 Å². The summed E-state index contributed by atoms with van der Waals surface area (Å²) in [7, 11) is 0. The highest BCUT2D eigenvalue weighted by Gasteiger charge is 2.36. The Kier molecular flexibility index (Phi) is 4.92. The molecule has 0 amide bonds. The Morgan fingerprint density at radius 2 is 1.88 bits per heavy atom. The summed E-state index contributed by atoms with van der Waals surface area (Å²) in [6.07, 6.45) is 4.44. The third-order valence-electron chi connectivity index (χ3n) is 5.63. The number of ether oxygens (including phenoxy) is 1. The molecular formula is C22H25N3O. The molecule has 2 aromatic rings. The molecule has 2 aromatic carbocycles. The summed E-state index contributed by atoms with van der Waals surface area (Å²) < 4.78 is 6.49. The molecule has 0 bridgehead atoms. The van der Waals surface area contributed by atoms with Crippen molar-refractivity contribution in [3.63, 3.8) is 0 Å². The highest BCUT2D eigenvalue weighted by molar-refractivity contribution is 5.37. The van der Waals surface area contributed by atoms with Crippen molar-refractivity contribution in [1.82, 2.24) is 4.90 Å². The van der Waals surface area contributed by atoms with Gasteiger partial charge in [-0.25, -0.2) is 0 Å². The number of rotatable bonds is 3. The molecule has 0 saturated carbocycles. The normalized spacial score (nSPS) is 25.9. The molecule has 1 fully saturated rings. The van der Waals surface area contributed by atoms with Gasteiger partial charge in [0, 0.05) is 12.6 Å². The molecule has 3 atom stereocenters. The van der Waals surface area contributed by atoms with Crippen LogP contribution >= 0.6 is 0 Å². The van der Waals surface area contributed by atoms with Crippen LogP contribution in [0.2, 0.25) is 0 Å². The number of aryl methyl sites for hydroxylation is 1. The molecule has 26 heavy (non-hydrogen) atoms. The number of nitriles is 1. The lowest BCUT2D eigenvalue weighted by Crippen LogP contribution is -2.51. The molecule has 1 heterocycles. The number of fused-ring (bicyclic) bond motifs is 1. The van der Waals surface area contributed by atoms with Crippen LogP contribution in [0, 0.1) is 11.3 Å². The van der Waals surface area contributed by atoms with Crippen LogP contribution in [0.3, 0.4) is 0 Å². The number of likely N-dealkylation sites (tertiary alicyclic amines) is 1. The summed E-state index contributed by atoms with van der Waals surface area (Å²) in [4.78, 5) is 2.53. The molecular weight excluding hydrogens is 322 g/mol. The highest BCUT2D eigenvalue weighted by atomic mass is 16.5. The van der Waals surface area contributed by atoms with Crippen LogP contribution < -0.4 is 10.5 Å². The summed E-state index contributed by atoms with van der Waals surface area (Å²) in [6, 6.07) is 18.8. The third-order valence-corrected chi connectivity index (χ3v) is 5.63. The Labute approximate surface area is 155 Å². The topological polar surface area (TPSA) is 62.3 Å². The average molecular weight is 347 g/mol. The van der Waals surface area contributed by atoms with E-state index < -0.39 is 0 Å². The summed E-state index contributed by atoms with van der Waals surface area (Å²) in [5.74, 6) is 0.817. The van der Waals surface area contributed by atoms with Gasteiger partial charge in [-0.15, -0.1) is 0 Å². The van der Waals surface area contributed by atoms with Crippen molar-refractivity contribution in [3.8, 4) is 11.8 Å². The van der Waals surface area contributed by atoms with E-state index in [1.165, 1.54) is 11.1 Å². The quantitative estimate of drug-likeness (QED) is 0.924. The van der Waals surface area contributed by atoms with Crippen LogP contribution in [-0.2, 0) is 6.42 Å². The zero-order chi connectivity index (χ0) is 17.9. The minimum Gasteiger partial charge on any atom is -0.484 e. The molecule has 0 aromatic heterocycles. The van der Waals surface area contributed by atoms with E-state index in [1.54, 1.807) is 0 Å². The molecule has 0 radical (unpaired) electrons. The van der Waals surface area contributed by atoms with Gasteiger partial charge in [0.25, 0.3) is 0 Å². The summed E-state index contributed by atoms with van der Waals surface area (Å²) >= 11 is 0. The fraction of sp³-hybridized carbons (Fsp3) is 0.409. The Hall–Kier alpha value is -2.35. The second kappa shape index (κ2) is 7.49. The van der Waals surface area contributed by atoms with E-state index in [0.29, 0.717) is 11.6 Å².